The van der Waals surface area contributed by atoms with Crippen molar-refractivity contribution in [3.63, 3.8) is 0 Å². The molecule has 0 radical (unpaired) electrons. The largest absolute Gasteiger partial charge is 0.480 e. The van der Waals surface area contributed by atoms with Gasteiger partial charge in [0.1, 0.15) is 23.2 Å². The van der Waals surface area contributed by atoms with E-state index in [-0.39, 0.29) is 22.9 Å². The van der Waals surface area contributed by atoms with Crippen molar-refractivity contribution in [2.45, 2.75) is 91.5 Å². The van der Waals surface area contributed by atoms with E-state index < -0.39 is 17.9 Å². The summed E-state index contributed by atoms with van der Waals surface area (Å²) in [7, 11) is 0. The summed E-state index contributed by atoms with van der Waals surface area (Å²) < 4.78 is 6.25. The van der Waals surface area contributed by atoms with Crippen LogP contribution in [0.1, 0.15) is 98.7 Å². The molecular formula is C39H46N2O4S. The maximum Gasteiger partial charge on any atom is 0.326 e. The van der Waals surface area contributed by atoms with E-state index in [9.17, 15) is 14.7 Å². The summed E-state index contributed by atoms with van der Waals surface area (Å²) in [5.41, 5.74) is 2.44. The van der Waals surface area contributed by atoms with Crippen molar-refractivity contribution >= 4 is 40.1 Å². The Balaban J connectivity index is 1.38. The smallest absolute Gasteiger partial charge is 0.326 e. The molecule has 2 aromatic heterocycles. The second-order valence-corrected chi connectivity index (χ2v) is 15.8. The first-order chi connectivity index (χ1) is 21.7. The first-order valence-corrected chi connectivity index (χ1v) is 17.1. The molecule has 1 fully saturated rings. The summed E-state index contributed by atoms with van der Waals surface area (Å²) >= 11 is 1.54. The first-order valence-electron chi connectivity index (χ1n) is 16.3. The predicted molar refractivity (Wildman–Crippen MR) is 188 cm³/mol. The minimum atomic E-state index is -1.07. The molecule has 6 nitrogen and oxygen atoms in total. The Bertz CT molecular complexity index is 1720. The molecule has 1 atom stereocenters. The van der Waals surface area contributed by atoms with Crippen LogP contribution in [0.2, 0.25) is 0 Å². The van der Waals surface area contributed by atoms with Crippen LogP contribution in [0.5, 0.6) is 11.5 Å². The molecule has 46 heavy (non-hydrogen) atoms. The number of thiophene rings is 1. The molecule has 1 saturated carbocycles. The number of carboxylic acids is 1. The zero-order valence-electron chi connectivity index (χ0n) is 27.9. The van der Waals surface area contributed by atoms with Crippen molar-refractivity contribution in [1.29, 1.82) is 0 Å². The Morgan fingerprint density at radius 3 is 2.33 bits per heavy atom. The number of benzene rings is 2. The highest BCUT2D eigenvalue weighted by Crippen LogP contribution is 2.33. The number of hydrogen-bond acceptors (Lipinski definition) is 5. The van der Waals surface area contributed by atoms with Gasteiger partial charge in [0.25, 0.3) is 5.91 Å². The van der Waals surface area contributed by atoms with E-state index in [1.165, 1.54) is 29.7 Å². The number of aromatic nitrogens is 1. The number of allylic oxidation sites excluding steroid dienone is 1. The molecule has 0 spiro atoms. The van der Waals surface area contributed by atoms with Crippen molar-refractivity contribution in [1.82, 2.24) is 10.3 Å². The van der Waals surface area contributed by atoms with Crippen LogP contribution >= 0.6 is 11.3 Å². The fraction of sp³-hybridized carbons (Fsp3) is 0.410. The standard InChI is InChI=1S/C39H46N2O4S/c1-38(2,3)20-19-30-17-18-31(46-30)24-35(37(43)44)41-36(42)34-22-26-11-14-29(45-28-15-12-27(13-16-28)39(4,5)6)23-32(26)33(40-34)21-25-9-7-8-10-25/h11-20,22-23,25,35H,7-10,21,24H2,1-6H3,(H,41,42)(H,43,44)/b20-19+/t35-/m0/s1. The van der Waals surface area contributed by atoms with Gasteiger partial charge < -0.3 is 15.2 Å². The van der Waals surface area contributed by atoms with E-state index in [2.05, 4.69) is 71.1 Å². The highest BCUT2D eigenvalue weighted by Gasteiger charge is 2.25. The van der Waals surface area contributed by atoms with Crippen LogP contribution in [-0.2, 0) is 23.1 Å². The fourth-order valence-electron chi connectivity index (χ4n) is 5.84. The lowest BCUT2D eigenvalue weighted by atomic mass is 9.87. The Morgan fingerprint density at radius 2 is 1.67 bits per heavy atom. The molecule has 4 aromatic rings. The number of nitrogens with zero attached hydrogens (tertiary/aromatic N) is 1. The lowest BCUT2D eigenvalue weighted by Gasteiger charge is -2.19. The van der Waals surface area contributed by atoms with Gasteiger partial charge in [0.15, 0.2) is 0 Å². The molecule has 2 aromatic carbocycles. The van der Waals surface area contributed by atoms with E-state index in [1.54, 1.807) is 6.07 Å². The summed E-state index contributed by atoms with van der Waals surface area (Å²) in [6.45, 7) is 13.0. The van der Waals surface area contributed by atoms with Crippen LogP contribution in [0.15, 0.2) is 66.7 Å². The number of fused-ring (bicyclic) bond motifs is 1. The molecular weight excluding hydrogens is 593 g/mol. The maximum atomic E-state index is 13.5. The average molecular weight is 639 g/mol. The summed E-state index contributed by atoms with van der Waals surface area (Å²) in [6, 6.07) is 18.7. The third kappa shape index (κ3) is 8.85. The van der Waals surface area contributed by atoms with Gasteiger partial charge in [0.05, 0.1) is 0 Å². The lowest BCUT2D eigenvalue weighted by molar-refractivity contribution is -0.139. The monoisotopic (exact) mass is 638 g/mol. The van der Waals surface area contributed by atoms with Crippen LogP contribution in [0, 0.1) is 11.3 Å². The quantitative estimate of drug-likeness (QED) is 0.181. The number of nitrogens with one attached hydrogen (secondary N) is 1. The van der Waals surface area contributed by atoms with Gasteiger partial charge in [0, 0.05) is 27.3 Å². The summed E-state index contributed by atoms with van der Waals surface area (Å²) in [4.78, 5) is 32.6. The highest BCUT2D eigenvalue weighted by molar-refractivity contribution is 7.12. The zero-order chi connectivity index (χ0) is 33.1. The number of rotatable bonds is 10. The molecule has 0 aliphatic heterocycles. The van der Waals surface area contributed by atoms with Crippen LogP contribution in [0.4, 0.5) is 0 Å². The van der Waals surface area contributed by atoms with Crippen molar-refractivity contribution in [3.8, 4) is 11.5 Å². The lowest BCUT2D eigenvalue weighted by Crippen LogP contribution is -2.42. The Labute approximate surface area is 276 Å². The van der Waals surface area contributed by atoms with Gasteiger partial charge in [0.2, 0.25) is 0 Å². The first kappa shape index (κ1) is 33.4. The van der Waals surface area contributed by atoms with Gasteiger partial charge in [-0.1, -0.05) is 91.5 Å². The number of carbonyl (C=O) groups excluding carboxylic acids is 1. The van der Waals surface area contributed by atoms with Gasteiger partial charge in [-0.3, -0.25) is 4.79 Å². The second-order valence-electron chi connectivity index (χ2n) is 14.6. The number of carboxylic acid groups (broad SMARTS) is 1. The summed E-state index contributed by atoms with van der Waals surface area (Å²) in [6.07, 6.45) is 9.87. The Kier molecular flexibility index (Phi) is 10.0. The van der Waals surface area contributed by atoms with Gasteiger partial charge in [-0.05, 0) is 82.7 Å². The van der Waals surface area contributed by atoms with Crippen LogP contribution < -0.4 is 10.1 Å². The van der Waals surface area contributed by atoms with E-state index >= 15 is 0 Å². The molecule has 7 heteroatoms. The molecule has 2 heterocycles. The number of carbonyl (C=O) groups is 2. The molecule has 242 valence electrons. The molecule has 2 N–H and O–H groups in total. The number of amides is 1. The molecule has 0 bridgehead atoms. The van der Waals surface area contributed by atoms with Crippen molar-refractivity contribution < 1.29 is 19.4 Å². The van der Waals surface area contributed by atoms with Gasteiger partial charge in [-0.25, -0.2) is 9.78 Å². The SMILES string of the molecule is CC(C)(C)/C=C/c1ccc(C[C@H](NC(=O)c2cc3ccc(Oc4ccc(C(C)(C)C)cc4)cc3c(CC3CCCC3)n2)C(=O)O)s1. The van der Waals surface area contributed by atoms with Crippen molar-refractivity contribution in [2.75, 3.05) is 0 Å². The minimum absolute atomic E-state index is 0.0537. The van der Waals surface area contributed by atoms with Gasteiger partial charge >= 0.3 is 5.97 Å². The average Bonchev–Trinajstić information content (AvgIpc) is 3.67. The van der Waals surface area contributed by atoms with Gasteiger partial charge in [-0.15, -0.1) is 11.3 Å². The number of aliphatic carboxylic acids is 1. The van der Waals surface area contributed by atoms with E-state index in [1.807, 2.05) is 42.5 Å². The molecule has 0 saturated heterocycles. The third-order valence-electron chi connectivity index (χ3n) is 8.47. The molecule has 1 aliphatic rings. The molecule has 5 rings (SSSR count). The normalized spacial score (nSPS) is 15.0. The Morgan fingerprint density at radius 1 is 0.978 bits per heavy atom. The molecule has 1 aliphatic carbocycles. The minimum Gasteiger partial charge on any atom is -0.480 e. The molecule has 0 unspecified atom stereocenters. The van der Waals surface area contributed by atoms with E-state index in [0.29, 0.717) is 11.7 Å². The molecule has 1 amide bonds. The van der Waals surface area contributed by atoms with Crippen LogP contribution in [0.25, 0.3) is 16.8 Å². The number of pyridine rings is 1. The van der Waals surface area contributed by atoms with Crippen LogP contribution in [-0.4, -0.2) is 28.0 Å². The zero-order valence-corrected chi connectivity index (χ0v) is 28.7. The summed E-state index contributed by atoms with van der Waals surface area (Å²) in [5, 5.41) is 14.6. The Hall–Kier alpha value is -3.97. The third-order valence-corrected chi connectivity index (χ3v) is 9.54. The van der Waals surface area contributed by atoms with E-state index in [4.69, 9.17) is 9.72 Å². The maximum absolute atomic E-state index is 13.5. The van der Waals surface area contributed by atoms with Gasteiger partial charge in [-0.2, -0.15) is 0 Å². The topological polar surface area (TPSA) is 88.5 Å². The predicted octanol–water partition coefficient (Wildman–Crippen LogP) is 9.60. The highest BCUT2D eigenvalue weighted by atomic mass is 32.1. The summed E-state index contributed by atoms with van der Waals surface area (Å²) in [5.74, 6) is 0.428. The fourth-order valence-corrected chi connectivity index (χ4v) is 6.80. The number of hydrogen-bond donors (Lipinski definition) is 2. The van der Waals surface area contributed by atoms with Crippen molar-refractivity contribution in [2.24, 2.45) is 11.3 Å². The van der Waals surface area contributed by atoms with Crippen molar-refractivity contribution in [3.05, 3.63) is 93.4 Å². The second kappa shape index (κ2) is 13.8. The number of ether oxygens (including phenoxy) is 1. The van der Waals surface area contributed by atoms with E-state index in [0.717, 1.165) is 51.2 Å². The van der Waals surface area contributed by atoms with Crippen LogP contribution in [0.3, 0.4) is 0 Å².